The van der Waals surface area contributed by atoms with Crippen molar-refractivity contribution in [3.8, 4) is 17.6 Å². The molecule has 2 rings (SSSR count). The summed E-state index contributed by atoms with van der Waals surface area (Å²) in [6.07, 6.45) is 0. The number of nitrogens with two attached hydrogens (primary N) is 1. The van der Waals surface area contributed by atoms with Gasteiger partial charge in [-0.3, -0.25) is 0 Å². The third-order valence-corrected chi connectivity index (χ3v) is 2.49. The van der Waals surface area contributed by atoms with Crippen LogP contribution in [0.15, 0.2) is 36.4 Å². The highest BCUT2D eigenvalue weighted by Crippen LogP contribution is 2.29. The van der Waals surface area contributed by atoms with Crippen LogP contribution in [0.3, 0.4) is 0 Å². The van der Waals surface area contributed by atoms with Crippen molar-refractivity contribution in [1.29, 1.82) is 5.26 Å². The van der Waals surface area contributed by atoms with E-state index in [9.17, 15) is 4.39 Å². The molecule has 0 unspecified atom stereocenters. The van der Waals surface area contributed by atoms with Crippen molar-refractivity contribution in [3.63, 3.8) is 0 Å². The van der Waals surface area contributed by atoms with Crippen molar-refractivity contribution < 1.29 is 9.13 Å². The molecule has 0 aliphatic heterocycles. The first-order valence-corrected chi connectivity index (χ1v) is 5.34. The number of anilines is 1. The monoisotopic (exact) mass is 242 g/mol. The molecule has 4 heteroatoms. The van der Waals surface area contributed by atoms with Crippen molar-refractivity contribution in [3.05, 3.63) is 53.3 Å². The number of nitrogen functional groups attached to an aromatic ring is 1. The number of rotatable bonds is 2. The average Bonchev–Trinajstić information content (AvgIpc) is 2.36. The quantitative estimate of drug-likeness (QED) is 0.821. The molecule has 0 amide bonds. The molecule has 0 bridgehead atoms. The van der Waals surface area contributed by atoms with Crippen LogP contribution in [0.25, 0.3) is 0 Å². The summed E-state index contributed by atoms with van der Waals surface area (Å²) in [7, 11) is 0. The Labute approximate surface area is 104 Å². The number of hydrogen-bond acceptors (Lipinski definition) is 3. The lowest BCUT2D eigenvalue weighted by atomic mass is 10.2. The van der Waals surface area contributed by atoms with Gasteiger partial charge in [-0.2, -0.15) is 5.26 Å². The highest BCUT2D eigenvalue weighted by molar-refractivity contribution is 5.54. The molecular weight excluding hydrogens is 231 g/mol. The number of ether oxygens (including phenoxy) is 1. The van der Waals surface area contributed by atoms with Gasteiger partial charge in [0.1, 0.15) is 23.4 Å². The number of aryl methyl sites for hydroxylation is 1. The van der Waals surface area contributed by atoms with Gasteiger partial charge in [0, 0.05) is 11.8 Å². The van der Waals surface area contributed by atoms with Crippen LogP contribution in [0.1, 0.15) is 11.1 Å². The molecule has 2 aromatic carbocycles. The second-order valence-electron chi connectivity index (χ2n) is 3.88. The van der Waals surface area contributed by atoms with Crippen molar-refractivity contribution in [2.75, 3.05) is 5.73 Å². The highest BCUT2D eigenvalue weighted by atomic mass is 19.1. The molecule has 18 heavy (non-hydrogen) atoms. The van der Waals surface area contributed by atoms with Crippen LogP contribution < -0.4 is 10.5 Å². The first-order chi connectivity index (χ1) is 8.60. The summed E-state index contributed by atoms with van der Waals surface area (Å²) in [5.41, 5.74) is 7.17. The number of nitrogens with zero attached hydrogens (tertiary/aromatic N) is 1. The average molecular weight is 242 g/mol. The summed E-state index contributed by atoms with van der Waals surface area (Å²) >= 11 is 0. The number of hydrogen-bond donors (Lipinski definition) is 1. The Hall–Kier alpha value is -2.54. The van der Waals surface area contributed by atoms with Gasteiger partial charge in [-0.15, -0.1) is 0 Å². The molecule has 2 aromatic rings. The molecule has 0 atom stereocenters. The first kappa shape index (κ1) is 11.9. The molecule has 0 aromatic heterocycles. The first-order valence-electron chi connectivity index (χ1n) is 5.34. The minimum Gasteiger partial charge on any atom is -0.456 e. The standard InChI is InChI=1S/C14H11FN2O/c1-9-2-3-11(15)7-14(9)18-13-5-4-12(17)6-10(13)8-16/h2-7H,17H2,1H3. The van der Waals surface area contributed by atoms with Crippen LogP contribution in [-0.4, -0.2) is 0 Å². The minimum atomic E-state index is -0.385. The second kappa shape index (κ2) is 4.76. The van der Waals surface area contributed by atoms with E-state index in [1.54, 1.807) is 25.1 Å². The largest absolute Gasteiger partial charge is 0.456 e. The molecule has 0 aliphatic rings. The predicted octanol–water partition coefficient (Wildman–Crippen LogP) is 3.38. The number of halogens is 1. The smallest absolute Gasteiger partial charge is 0.145 e. The molecular formula is C14H11FN2O. The van der Waals surface area contributed by atoms with Gasteiger partial charge < -0.3 is 10.5 Å². The normalized spacial score (nSPS) is 9.83. The molecule has 0 radical (unpaired) electrons. The maximum absolute atomic E-state index is 13.1. The third-order valence-electron chi connectivity index (χ3n) is 2.49. The summed E-state index contributed by atoms with van der Waals surface area (Å²) in [6.45, 7) is 1.80. The predicted molar refractivity (Wildman–Crippen MR) is 66.8 cm³/mol. The van der Waals surface area contributed by atoms with Crippen LogP contribution in [0, 0.1) is 24.1 Å². The zero-order valence-electron chi connectivity index (χ0n) is 9.77. The van der Waals surface area contributed by atoms with Crippen LogP contribution in [0.2, 0.25) is 0 Å². The SMILES string of the molecule is Cc1ccc(F)cc1Oc1ccc(N)cc1C#N. The van der Waals surface area contributed by atoms with Gasteiger partial charge in [0.25, 0.3) is 0 Å². The molecule has 0 aliphatic carbocycles. The fourth-order valence-corrected chi connectivity index (χ4v) is 1.53. The van der Waals surface area contributed by atoms with Crippen molar-refractivity contribution in [1.82, 2.24) is 0 Å². The van der Waals surface area contributed by atoms with Crippen molar-refractivity contribution >= 4 is 5.69 Å². The number of benzene rings is 2. The van der Waals surface area contributed by atoms with E-state index in [-0.39, 0.29) is 5.82 Å². The lowest BCUT2D eigenvalue weighted by Gasteiger charge is -2.10. The lowest BCUT2D eigenvalue weighted by Crippen LogP contribution is -1.93. The lowest BCUT2D eigenvalue weighted by molar-refractivity contribution is 0.471. The molecule has 2 N–H and O–H groups in total. The Balaban J connectivity index is 2.40. The Kier molecular flexibility index (Phi) is 3.16. The highest BCUT2D eigenvalue weighted by Gasteiger charge is 2.08. The molecule has 0 spiro atoms. The van der Waals surface area contributed by atoms with Crippen LogP contribution in [-0.2, 0) is 0 Å². The topological polar surface area (TPSA) is 59.0 Å². The molecule has 90 valence electrons. The van der Waals surface area contributed by atoms with Crippen molar-refractivity contribution in [2.45, 2.75) is 6.92 Å². The third kappa shape index (κ3) is 2.41. The fraction of sp³-hybridized carbons (Fsp3) is 0.0714. The van der Waals surface area contributed by atoms with Crippen LogP contribution in [0.4, 0.5) is 10.1 Å². The number of nitriles is 1. The van der Waals surface area contributed by atoms with Gasteiger partial charge in [0.2, 0.25) is 0 Å². The summed E-state index contributed by atoms with van der Waals surface area (Å²) in [5.74, 6) is 0.362. The van der Waals surface area contributed by atoms with Gasteiger partial charge in [0.15, 0.2) is 0 Å². The second-order valence-corrected chi connectivity index (χ2v) is 3.88. The van der Waals surface area contributed by atoms with Crippen LogP contribution in [0.5, 0.6) is 11.5 Å². The Morgan fingerprint density at radius 3 is 2.67 bits per heavy atom. The summed E-state index contributed by atoms with van der Waals surface area (Å²) < 4.78 is 18.7. The molecule has 0 saturated heterocycles. The van der Waals surface area contributed by atoms with Gasteiger partial charge in [-0.25, -0.2) is 4.39 Å². The fourth-order valence-electron chi connectivity index (χ4n) is 1.53. The van der Waals surface area contributed by atoms with E-state index in [1.165, 1.54) is 18.2 Å². The van der Waals surface area contributed by atoms with E-state index >= 15 is 0 Å². The Bertz CT molecular complexity index is 632. The summed E-state index contributed by atoms with van der Waals surface area (Å²) in [6, 6.07) is 11.0. The van der Waals surface area contributed by atoms with E-state index in [0.29, 0.717) is 22.7 Å². The van der Waals surface area contributed by atoms with Crippen molar-refractivity contribution in [2.24, 2.45) is 0 Å². The Morgan fingerprint density at radius 2 is 1.94 bits per heavy atom. The Morgan fingerprint density at radius 1 is 1.17 bits per heavy atom. The zero-order chi connectivity index (χ0) is 13.1. The maximum atomic E-state index is 13.1. The maximum Gasteiger partial charge on any atom is 0.145 e. The molecule has 3 nitrogen and oxygen atoms in total. The van der Waals surface area contributed by atoms with E-state index in [1.807, 2.05) is 6.07 Å². The molecule has 0 heterocycles. The van der Waals surface area contributed by atoms with E-state index < -0.39 is 0 Å². The van der Waals surface area contributed by atoms with E-state index in [2.05, 4.69) is 0 Å². The van der Waals surface area contributed by atoms with E-state index in [0.717, 1.165) is 5.56 Å². The summed E-state index contributed by atoms with van der Waals surface area (Å²) in [4.78, 5) is 0. The summed E-state index contributed by atoms with van der Waals surface area (Å²) in [5, 5.41) is 8.99. The van der Waals surface area contributed by atoms with E-state index in [4.69, 9.17) is 15.7 Å². The van der Waals surface area contributed by atoms with Crippen LogP contribution >= 0.6 is 0 Å². The zero-order valence-corrected chi connectivity index (χ0v) is 9.77. The van der Waals surface area contributed by atoms with Gasteiger partial charge >= 0.3 is 0 Å². The van der Waals surface area contributed by atoms with Gasteiger partial charge in [-0.05, 0) is 36.8 Å². The van der Waals surface area contributed by atoms with Gasteiger partial charge in [0.05, 0.1) is 5.56 Å². The minimum absolute atomic E-state index is 0.318. The molecule has 0 fully saturated rings. The van der Waals surface area contributed by atoms with Gasteiger partial charge in [-0.1, -0.05) is 6.07 Å². The molecule has 0 saturated carbocycles.